The van der Waals surface area contributed by atoms with Gasteiger partial charge in [0.2, 0.25) is 0 Å². The number of hydrogen-bond donors (Lipinski definition) is 2. The lowest BCUT2D eigenvalue weighted by Crippen LogP contribution is -2.14. The Morgan fingerprint density at radius 2 is 2.05 bits per heavy atom. The van der Waals surface area contributed by atoms with Crippen LogP contribution in [0.5, 0.6) is 5.75 Å². The van der Waals surface area contributed by atoms with Crippen molar-refractivity contribution >= 4 is 33.5 Å². The van der Waals surface area contributed by atoms with Crippen molar-refractivity contribution in [3.05, 3.63) is 52.3 Å². The molecular formula is C14H11BrN2O4. The van der Waals surface area contributed by atoms with E-state index < -0.39 is 11.9 Å². The summed E-state index contributed by atoms with van der Waals surface area (Å²) in [7, 11) is 1.36. The van der Waals surface area contributed by atoms with Crippen LogP contribution in [-0.4, -0.2) is 29.1 Å². The largest absolute Gasteiger partial charge is 0.496 e. The van der Waals surface area contributed by atoms with E-state index in [0.29, 0.717) is 10.3 Å². The van der Waals surface area contributed by atoms with E-state index in [4.69, 9.17) is 9.84 Å². The van der Waals surface area contributed by atoms with E-state index in [-0.39, 0.29) is 17.0 Å². The molecule has 0 atom stereocenters. The fourth-order valence-electron chi connectivity index (χ4n) is 1.68. The average molecular weight is 351 g/mol. The molecule has 1 aromatic carbocycles. The van der Waals surface area contributed by atoms with Crippen molar-refractivity contribution in [3.63, 3.8) is 0 Å². The van der Waals surface area contributed by atoms with Gasteiger partial charge in [-0.1, -0.05) is 6.07 Å². The Bertz CT molecular complexity index is 703. The van der Waals surface area contributed by atoms with Crippen LogP contribution < -0.4 is 10.1 Å². The van der Waals surface area contributed by atoms with Crippen molar-refractivity contribution in [1.29, 1.82) is 0 Å². The van der Waals surface area contributed by atoms with E-state index >= 15 is 0 Å². The van der Waals surface area contributed by atoms with E-state index in [1.54, 1.807) is 18.2 Å². The minimum Gasteiger partial charge on any atom is -0.496 e. The van der Waals surface area contributed by atoms with Gasteiger partial charge in [-0.25, -0.2) is 9.78 Å². The maximum Gasteiger partial charge on any atom is 0.339 e. The predicted octanol–water partition coefficient (Wildman–Crippen LogP) is 2.80. The Balaban J connectivity index is 2.24. The van der Waals surface area contributed by atoms with Gasteiger partial charge in [0.05, 0.1) is 7.11 Å². The third-order valence-corrected chi connectivity index (χ3v) is 3.08. The minimum atomic E-state index is -1.10. The summed E-state index contributed by atoms with van der Waals surface area (Å²) >= 11 is 3.19. The third-order valence-electron chi connectivity index (χ3n) is 2.64. The summed E-state index contributed by atoms with van der Waals surface area (Å²) in [5.74, 6) is -1.33. The summed E-state index contributed by atoms with van der Waals surface area (Å²) in [5, 5.41) is 11.6. The number of ether oxygens (including phenoxy) is 1. The molecule has 0 saturated carbocycles. The fourth-order valence-corrected chi connectivity index (χ4v) is 2.02. The summed E-state index contributed by atoms with van der Waals surface area (Å²) in [4.78, 5) is 27.1. The summed E-state index contributed by atoms with van der Waals surface area (Å²) in [6.45, 7) is 0. The van der Waals surface area contributed by atoms with Crippen molar-refractivity contribution in [2.45, 2.75) is 0 Å². The lowest BCUT2D eigenvalue weighted by atomic mass is 10.2. The monoisotopic (exact) mass is 350 g/mol. The number of hydrogen-bond acceptors (Lipinski definition) is 4. The molecule has 2 rings (SSSR count). The second-order valence-electron chi connectivity index (χ2n) is 4.02. The molecule has 0 saturated heterocycles. The van der Waals surface area contributed by atoms with Crippen LogP contribution in [0.4, 0.5) is 5.69 Å². The topological polar surface area (TPSA) is 88.5 Å². The van der Waals surface area contributed by atoms with Crippen molar-refractivity contribution in [3.8, 4) is 5.75 Å². The first-order valence-corrected chi connectivity index (χ1v) is 6.66. The Kier molecular flexibility index (Phi) is 4.54. The first-order chi connectivity index (χ1) is 10.0. The quantitative estimate of drug-likeness (QED) is 0.827. The first kappa shape index (κ1) is 15.0. The Morgan fingerprint density at radius 1 is 1.29 bits per heavy atom. The highest BCUT2D eigenvalue weighted by Gasteiger charge is 2.13. The predicted molar refractivity (Wildman–Crippen MR) is 79.8 cm³/mol. The van der Waals surface area contributed by atoms with E-state index in [1.807, 2.05) is 0 Å². The van der Waals surface area contributed by atoms with Crippen LogP contribution in [0.1, 0.15) is 20.8 Å². The fraction of sp³-hybridized carbons (Fsp3) is 0.0714. The number of nitrogens with zero attached hydrogens (tertiary/aromatic N) is 1. The van der Waals surface area contributed by atoms with Gasteiger partial charge in [-0.15, -0.1) is 0 Å². The maximum atomic E-state index is 12.0. The zero-order valence-electron chi connectivity index (χ0n) is 11.0. The lowest BCUT2D eigenvalue weighted by Gasteiger charge is -2.09. The van der Waals surface area contributed by atoms with Gasteiger partial charge < -0.3 is 15.2 Å². The zero-order valence-corrected chi connectivity index (χ0v) is 12.5. The van der Waals surface area contributed by atoms with Gasteiger partial charge in [-0.3, -0.25) is 4.79 Å². The number of pyridine rings is 1. The number of carboxylic acids is 1. The number of aromatic nitrogens is 1. The number of aromatic carboxylic acids is 1. The number of rotatable bonds is 4. The zero-order chi connectivity index (χ0) is 15.4. The highest BCUT2D eigenvalue weighted by atomic mass is 79.9. The molecule has 7 heteroatoms. The second kappa shape index (κ2) is 6.36. The van der Waals surface area contributed by atoms with Crippen molar-refractivity contribution < 1.29 is 19.4 Å². The summed E-state index contributed by atoms with van der Waals surface area (Å²) < 4.78 is 5.55. The van der Waals surface area contributed by atoms with Crippen molar-refractivity contribution in [1.82, 2.24) is 4.98 Å². The normalized spacial score (nSPS) is 10.0. The molecule has 2 N–H and O–H groups in total. The highest BCUT2D eigenvalue weighted by Crippen LogP contribution is 2.23. The molecule has 1 aromatic heterocycles. The lowest BCUT2D eigenvalue weighted by molar-refractivity contribution is 0.0693. The van der Waals surface area contributed by atoms with Crippen LogP contribution in [0, 0.1) is 0 Å². The van der Waals surface area contributed by atoms with Crippen LogP contribution in [0.25, 0.3) is 0 Å². The minimum absolute atomic E-state index is 0.0241. The van der Waals surface area contributed by atoms with Gasteiger partial charge in [0.15, 0.2) is 0 Å². The van der Waals surface area contributed by atoms with Gasteiger partial charge in [0.25, 0.3) is 5.91 Å². The SMILES string of the molecule is COc1cc(NC(=O)c2cccc(Br)n2)ccc1C(=O)O. The van der Waals surface area contributed by atoms with Gasteiger partial charge in [0.1, 0.15) is 21.6 Å². The standard InChI is InChI=1S/C14H11BrN2O4/c1-21-11-7-8(5-6-9(11)14(19)20)16-13(18)10-3-2-4-12(15)17-10/h2-7H,1H3,(H,16,18)(H,19,20). The summed E-state index contributed by atoms with van der Waals surface area (Å²) in [6, 6.07) is 9.27. The van der Waals surface area contributed by atoms with Crippen molar-refractivity contribution in [2.75, 3.05) is 12.4 Å². The van der Waals surface area contributed by atoms with Crippen molar-refractivity contribution in [2.24, 2.45) is 0 Å². The number of halogens is 1. The highest BCUT2D eigenvalue weighted by molar-refractivity contribution is 9.10. The number of anilines is 1. The molecule has 21 heavy (non-hydrogen) atoms. The molecule has 0 fully saturated rings. The molecule has 0 bridgehead atoms. The van der Waals surface area contributed by atoms with Crippen LogP contribution >= 0.6 is 15.9 Å². The smallest absolute Gasteiger partial charge is 0.339 e. The van der Waals surface area contributed by atoms with Gasteiger partial charge in [-0.05, 0) is 40.2 Å². The molecule has 0 spiro atoms. The number of methoxy groups -OCH3 is 1. The Hall–Kier alpha value is -2.41. The summed E-state index contributed by atoms with van der Waals surface area (Å²) in [6.07, 6.45) is 0. The van der Waals surface area contributed by atoms with Gasteiger partial charge in [-0.2, -0.15) is 0 Å². The van der Waals surface area contributed by atoms with Crippen LogP contribution in [-0.2, 0) is 0 Å². The number of carboxylic acid groups (broad SMARTS) is 1. The maximum absolute atomic E-state index is 12.0. The molecule has 6 nitrogen and oxygen atoms in total. The first-order valence-electron chi connectivity index (χ1n) is 5.86. The van der Waals surface area contributed by atoms with E-state index in [0.717, 1.165) is 0 Å². The molecule has 0 aliphatic carbocycles. The Labute approximate surface area is 128 Å². The number of benzene rings is 1. The molecule has 1 amide bonds. The summed E-state index contributed by atoms with van der Waals surface area (Å²) in [5.41, 5.74) is 0.686. The van der Waals surface area contributed by atoms with Crippen LogP contribution in [0.2, 0.25) is 0 Å². The number of carbonyl (C=O) groups is 2. The van der Waals surface area contributed by atoms with Gasteiger partial charge >= 0.3 is 5.97 Å². The number of nitrogens with one attached hydrogen (secondary N) is 1. The second-order valence-corrected chi connectivity index (χ2v) is 4.83. The molecule has 0 aliphatic heterocycles. The molecule has 0 radical (unpaired) electrons. The molecule has 1 heterocycles. The number of carbonyl (C=O) groups excluding carboxylic acids is 1. The van der Waals surface area contributed by atoms with E-state index in [2.05, 4.69) is 26.2 Å². The number of amides is 1. The van der Waals surface area contributed by atoms with Crippen LogP contribution in [0.15, 0.2) is 41.0 Å². The Morgan fingerprint density at radius 3 is 2.67 bits per heavy atom. The third kappa shape index (κ3) is 3.57. The molecule has 2 aromatic rings. The molecule has 0 unspecified atom stereocenters. The molecule has 0 aliphatic rings. The molecule has 108 valence electrons. The average Bonchev–Trinajstić information content (AvgIpc) is 2.46. The van der Waals surface area contributed by atoms with E-state index in [1.165, 1.54) is 25.3 Å². The molecular weight excluding hydrogens is 340 g/mol. The van der Waals surface area contributed by atoms with Crippen LogP contribution in [0.3, 0.4) is 0 Å². The van der Waals surface area contributed by atoms with Gasteiger partial charge in [0, 0.05) is 11.8 Å². The van der Waals surface area contributed by atoms with E-state index in [9.17, 15) is 9.59 Å².